The highest BCUT2D eigenvalue weighted by molar-refractivity contribution is 7.15. The third kappa shape index (κ3) is 4.02. The zero-order valence-corrected chi connectivity index (χ0v) is 10.4. The molecule has 0 saturated carbocycles. The minimum Gasteiger partial charge on any atom is -0.478 e. The zero-order chi connectivity index (χ0) is 13.7. The van der Waals surface area contributed by atoms with Gasteiger partial charge in [0.1, 0.15) is 0 Å². The van der Waals surface area contributed by atoms with Crippen LogP contribution in [0.2, 0.25) is 0 Å². The molecule has 7 heteroatoms. The van der Waals surface area contributed by atoms with Gasteiger partial charge in [0, 0.05) is 11.0 Å². The fourth-order valence-corrected chi connectivity index (χ4v) is 2.17. The molecule has 0 bridgehead atoms. The van der Waals surface area contributed by atoms with Crippen LogP contribution in [0.1, 0.15) is 20.1 Å². The van der Waals surface area contributed by atoms with Crippen LogP contribution in [0.5, 0.6) is 0 Å². The summed E-state index contributed by atoms with van der Waals surface area (Å²) in [5.41, 5.74) is 5.70. The van der Waals surface area contributed by atoms with Crippen LogP contribution in [0.3, 0.4) is 0 Å². The second kappa shape index (κ2) is 5.97. The number of carboxylic acid groups (broad SMARTS) is 1. The number of nitrogens with one attached hydrogen (secondary N) is 1. The Kier molecular flexibility index (Phi) is 4.61. The number of hydrogen-bond donors (Lipinski definition) is 3. The first-order valence-corrected chi connectivity index (χ1v) is 5.79. The van der Waals surface area contributed by atoms with Gasteiger partial charge in [-0.15, -0.1) is 11.3 Å². The molecule has 0 aromatic carbocycles. The van der Waals surface area contributed by atoms with Gasteiger partial charge in [-0.05, 0) is 24.6 Å². The third-order valence-corrected chi connectivity index (χ3v) is 3.18. The Morgan fingerprint density at radius 3 is 2.72 bits per heavy atom. The monoisotopic (exact) mass is 268 g/mol. The Morgan fingerprint density at radius 2 is 2.17 bits per heavy atom. The Hall–Kier alpha value is -2.15. The molecule has 0 fully saturated rings. The lowest BCUT2D eigenvalue weighted by molar-refractivity contribution is -0.131. The van der Waals surface area contributed by atoms with Crippen LogP contribution >= 0.6 is 11.3 Å². The first-order chi connectivity index (χ1) is 8.40. The van der Waals surface area contributed by atoms with Crippen molar-refractivity contribution in [2.75, 3.05) is 6.54 Å². The van der Waals surface area contributed by atoms with Crippen molar-refractivity contribution in [3.8, 4) is 0 Å². The summed E-state index contributed by atoms with van der Waals surface area (Å²) in [5, 5.41) is 10.9. The number of hydrogen-bond acceptors (Lipinski definition) is 4. The average Bonchev–Trinajstić information content (AvgIpc) is 2.65. The largest absolute Gasteiger partial charge is 0.478 e. The summed E-state index contributed by atoms with van der Waals surface area (Å²) < 4.78 is 0. The molecule has 96 valence electrons. The van der Waals surface area contributed by atoms with Gasteiger partial charge in [-0.25, -0.2) is 4.79 Å². The van der Waals surface area contributed by atoms with E-state index in [1.165, 1.54) is 6.08 Å². The fourth-order valence-electron chi connectivity index (χ4n) is 1.18. The predicted molar refractivity (Wildman–Crippen MR) is 67.3 cm³/mol. The molecule has 6 nitrogen and oxygen atoms in total. The van der Waals surface area contributed by atoms with Crippen molar-refractivity contribution in [1.29, 1.82) is 0 Å². The standard InChI is InChI=1S/C11H12N2O4S/c1-6-4-8(11(17)13-5-9(12)14)18-7(6)2-3-10(15)16/h2-4H,5H2,1H3,(H2,12,14)(H,13,17)(H,15,16). The summed E-state index contributed by atoms with van der Waals surface area (Å²) in [5.74, 6) is -2.08. The van der Waals surface area contributed by atoms with Gasteiger partial charge >= 0.3 is 5.97 Å². The lowest BCUT2D eigenvalue weighted by atomic mass is 10.2. The molecule has 1 heterocycles. The smallest absolute Gasteiger partial charge is 0.328 e. The molecular formula is C11H12N2O4S. The van der Waals surface area contributed by atoms with Crippen molar-refractivity contribution in [2.24, 2.45) is 5.73 Å². The molecule has 0 saturated heterocycles. The first-order valence-electron chi connectivity index (χ1n) is 4.98. The topological polar surface area (TPSA) is 109 Å². The first kappa shape index (κ1) is 13.9. The lowest BCUT2D eigenvalue weighted by Crippen LogP contribution is -2.32. The molecule has 0 unspecified atom stereocenters. The fraction of sp³-hybridized carbons (Fsp3) is 0.182. The highest BCUT2D eigenvalue weighted by Crippen LogP contribution is 2.23. The maximum absolute atomic E-state index is 11.6. The minimum absolute atomic E-state index is 0.226. The number of primary amides is 1. The van der Waals surface area contributed by atoms with Crippen molar-refractivity contribution in [2.45, 2.75) is 6.92 Å². The van der Waals surface area contributed by atoms with E-state index in [-0.39, 0.29) is 6.54 Å². The molecule has 0 aliphatic rings. The van der Waals surface area contributed by atoms with Crippen LogP contribution in [0.25, 0.3) is 6.08 Å². The summed E-state index contributed by atoms with van der Waals surface area (Å²) >= 11 is 1.15. The van der Waals surface area contributed by atoms with Gasteiger partial charge in [-0.3, -0.25) is 9.59 Å². The Bertz CT molecular complexity index is 519. The van der Waals surface area contributed by atoms with E-state index in [2.05, 4.69) is 5.32 Å². The molecule has 0 atom stereocenters. The highest BCUT2D eigenvalue weighted by Gasteiger charge is 2.11. The number of rotatable bonds is 5. The molecule has 1 aromatic rings. The van der Waals surface area contributed by atoms with Crippen LogP contribution in [-0.2, 0) is 9.59 Å². The van der Waals surface area contributed by atoms with Gasteiger partial charge in [-0.1, -0.05) is 0 Å². The van der Waals surface area contributed by atoms with Crippen molar-refractivity contribution in [3.05, 3.63) is 27.5 Å². The Balaban J connectivity index is 2.80. The van der Waals surface area contributed by atoms with Crippen LogP contribution in [-0.4, -0.2) is 29.4 Å². The van der Waals surface area contributed by atoms with Gasteiger partial charge in [0.15, 0.2) is 0 Å². The molecule has 18 heavy (non-hydrogen) atoms. The molecular weight excluding hydrogens is 256 g/mol. The van der Waals surface area contributed by atoms with Gasteiger partial charge in [-0.2, -0.15) is 0 Å². The van der Waals surface area contributed by atoms with Gasteiger partial charge in [0.05, 0.1) is 11.4 Å². The molecule has 4 N–H and O–H groups in total. The average molecular weight is 268 g/mol. The molecule has 0 aliphatic heterocycles. The van der Waals surface area contributed by atoms with E-state index < -0.39 is 17.8 Å². The molecule has 0 radical (unpaired) electrons. The number of aliphatic carboxylic acids is 1. The molecule has 0 spiro atoms. The summed E-state index contributed by atoms with van der Waals surface area (Å²) in [6.07, 6.45) is 2.43. The van der Waals surface area contributed by atoms with E-state index in [4.69, 9.17) is 10.8 Å². The van der Waals surface area contributed by atoms with Crippen molar-refractivity contribution in [1.82, 2.24) is 5.32 Å². The quantitative estimate of drug-likeness (QED) is 0.670. The maximum Gasteiger partial charge on any atom is 0.328 e. The summed E-state index contributed by atoms with van der Waals surface area (Å²) in [6, 6.07) is 1.63. The van der Waals surface area contributed by atoms with E-state index in [9.17, 15) is 14.4 Å². The van der Waals surface area contributed by atoms with Crippen molar-refractivity contribution >= 4 is 35.2 Å². The third-order valence-electron chi connectivity index (χ3n) is 1.98. The molecule has 1 aromatic heterocycles. The summed E-state index contributed by atoms with van der Waals surface area (Å²) in [7, 11) is 0. The van der Waals surface area contributed by atoms with E-state index in [0.29, 0.717) is 9.75 Å². The van der Waals surface area contributed by atoms with Crippen LogP contribution in [0.4, 0.5) is 0 Å². The predicted octanol–water partition coefficient (Wildman–Crippen LogP) is 0.369. The number of aryl methyl sites for hydroxylation is 1. The molecule has 2 amide bonds. The van der Waals surface area contributed by atoms with Crippen LogP contribution in [0, 0.1) is 6.92 Å². The normalized spacial score (nSPS) is 10.5. The summed E-state index contributed by atoms with van der Waals surface area (Å²) in [6.45, 7) is 1.54. The zero-order valence-electron chi connectivity index (χ0n) is 9.60. The SMILES string of the molecule is Cc1cc(C(=O)NCC(N)=O)sc1C=CC(=O)O. The highest BCUT2D eigenvalue weighted by atomic mass is 32.1. The number of carbonyl (C=O) groups excluding carboxylic acids is 2. The van der Waals surface area contributed by atoms with Gasteiger partial charge < -0.3 is 16.2 Å². The minimum atomic E-state index is -1.05. The Morgan fingerprint density at radius 1 is 1.50 bits per heavy atom. The van der Waals surface area contributed by atoms with Crippen molar-refractivity contribution in [3.63, 3.8) is 0 Å². The van der Waals surface area contributed by atoms with Crippen LogP contribution < -0.4 is 11.1 Å². The van der Waals surface area contributed by atoms with Gasteiger partial charge in [0.2, 0.25) is 5.91 Å². The number of thiophene rings is 1. The number of carbonyl (C=O) groups is 3. The van der Waals surface area contributed by atoms with E-state index >= 15 is 0 Å². The molecule has 1 rings (SSSR count). The number of carboxylic acids is 1. The van der Waals surface area contributed by atoms with E-state index in [1.54, 1.807) is 13.0 Å². The second-order valence-electron chi connectivity index (χ2n) is 3.48. The number of nitrogens with two attached hydrogens (primary N) is 1. The van der Waals surface area contributed by atoms with Crippen LogP contribution in [0.15, 0.2) is 12.1 Å². The second-order valence-corrected chi connectivity index (χ2v) is 4.56. The maximum atomic E-state index is 11.6. The van der Waals surface area contributed by atoms with Gasteiger partial charge in [0.25, 0.3) is 5.91 Å². The van der Waals surface area contributed by atoms with E-state index in [1.807, 2.05) is 0 Å². The molecule has 0 aliphatic carbocycles. The number of amides is 2. The Labute approximate surface area is 107 Å². The van der Waals surface area contributed by atoms with E-state index in [0.717, 1.165) is 23.0 Å². The lowest BCUT2D eigenvalue weighted by Gasteiger charge is -1.98. The van der Waals surface area contributed by atoms with Crippen molar-refractivity contribution < 1.29 is 19.5 Å². The summed E-state index contributed by atoms with van der Waals surface area (Å²) in [4.78, 5) is 33.6.